The van der Waals surface area contributed by atoms with E-state index in [4.69, 9.17) is 4.74 Å². The molecule has 1 aliphatic carbocycles. The van der Waals surface area contributed by atoms with Gasteiger partial charge in [-0.15, -0.1) is 11.3 Å². The molecule has 1 aromatic heterocycles. The summed E-state index contributed by atoms with van der Waals surface area (Å²) in [4.78, 5) is 26.0. The number of anilines is 1. The number of carbonyl (C=O) groups is 2. The number of nitrogens with one attached hydrogen (secondary N) is 1. The Balaban J connectivity index is 1.82. The molecule has 5 heteroatoms. The van der Waals surface area contributed by atoms with Gasteiger partial charge in [0.2, 0.25) is 5.91 Å². The molecule has 1 N–H and O–H groups in total. The van der Waals surface area contributed by atoms with Crippen molar-refractivity contribution in [2.24, 2.45) is 0 Å². The lowest BCUT2D eigenvalue weighted by Gasteiger charge is -2.10. The molecule has 0 saturated heterocycles. The fourth-order valence-corrected chi connectivity index (χ4v) is 4.61. The molecule has 0 radical (unpaired) electrons. The molecule has 0 spiro atoms. The van der Waals surface area contributed by atoms with Crippen LogP contribution in [0.3, 0.4) is 0 Å². The first-order valence-corrected chi connectivity index (χ1v) is 10.2. The van der Waals surface area contributed by atoms with Crippen molar-refractivity contribution >= 4 is 34.3 Å². The molecule has 1 aliphatic rings. The van der Waals surface area contributed by atoms with Crippen LogP contribution in [0.4, 0.5) is 5.00 Å². The van der Waals surface area contributed by atoms with Crippen molar-refractivity contribution < 1.29 is 14.3 Å². The van der Waals surface area contributed by atoms with E-state index in [2.05, 4.69) is 5.32 Å². The van der Waals surface area contributed by atoms with E-state index in [-0.39, 0.29) is 11.9 Å². The van der Waals surface area contributed by atoms with Crippen molar-refractivity contribution in [3.63, 3.8) is 0 Å². The Kier molecular flexibility index (Phi) is 6.45. The van der Waals surface area contributed by atoms with Crippen LogP contribution in [0.15, 0.2) is 30.3 Å². The van der Waals surface area contributed by atoms with Gasteiger partial charge < -0.3 is 10.1 Å². The minimum Gasteiger partial charge on any atom is -0.465 e. The fraction of sp³-hybridized carbons (Fsp3) is 0.364. The molecule has 0 saturated carbocycles. The fourth-order valence-electron chi connectivity index (χ4n) is 3.33. The molecule has 142 valence electrons. The van der Waals surface area contributed by atoms with E-state index in [9.17, 15) is 9.59 Å². The Morgan fingerprint density at radius 2 is 1.78 bits per heavy atom. The number of fused-ring (bicyclic) bond motifs is 1. The molecule has 3 rings (SSSR count). The molecule has 0 atom stereocenters. The summed E-state index contributed by atoms with van der Waals surface area (Å²) in [5, 5.41) is 3.50. The molecule has 1 aromatic carbocycles. The number of hydrogen-bond donors (Lipinski definition) is 1. The summed E-state index contributed by atoms with van der Waals surface area (Å²) in [6, 6.07) is 7.95. The average Bonchev–Trinajstić information content (AvgIpc) is 2.96. The Labute approximate surface area is 164 Å². The second kappa shape index (κ2) is 9.00. The van der Waals surface area contributed by atoms with Gasteiger partial charge in [0.15, 0.2) is 0 Å². The first-order chi connectivity index (χ1) is 13.1. The third-order valence-electron chi connectivity index (χ3n) is 4.80. The number of aryl methyl sites for hydroxylation is 2. The summed E-state index contributed by atoms with van der Waals surface area (Å²) < 4.78 is 4.99. The van der Waals surface area contributed by atoms with Crippen LogP contribution >= 0.6 is 11.3 Å². The molecule has 4 nitrogen and oxygen atoms in total. The van der Waals surface area contributed by atoms with Gasteiger partial charge >= 0.3 is 5.97 Å². The Bertz CT molecular complexity index is 849. The number of benzene rings is 1. The van der Waals surface area contributed by atoms with Crippen molar-refractivity contribution in [1.29, 1.82) is 0 Å². The lowest BCUT2D eigenvalue weighted by molar-refractivity contribution is -0.111. The summed E-state index contributed by atoms with van der Waals surface area (Å²) in [6.45, 7) is 2.03. The van der Waals surface area contributed by atoms with Crippen molar-refractivity contribution in [2.45, 2.75) is 45.4 Å². The molecule has 0 aliphatic heterocycles. The van der Waals surface area contributed by atoms with E-state index < -0.39 is 0 Å². The Morgan fingerprint density at radius 3 is 2.48 bits per heavy atom. The zero-order valence-electron chi connectivity index (χ0n) is 15.8. The average molecular weight is 384 g/mol. The number of esters is 1. The van der Waals surface area contributed by atoms with Crippen LogP contribution in [-0.4, -0.2) is 19.0 Å². The van der Waals surface area contributed by atoms with E-state index in [1.807, 2.05) is 31.2 Å². The minimum absolute atomic E-state index is 0.241. The number of amides is 1. The number of rotatable bonds is 4. The normalized spacial score (nSPS) is 14.3. The highest BCUT2D eigenvalue weighted by Gasteiger charge is 2.25. The van der Waals surface area contributed by atoms with Crippen molar-refractivity contribution in [3.8, 4) is 0 Å². The second-order valence-corrected chi connectivity index (χ2v) is 7.95. The topological polar surface area (TPSA) is 55.4 Å². The standard InChI is InChI=1S/C22H25NO3S/c1-15-9-11-16(12-10-15)13-14-19(24)23-21-20(22(25)26-2)17-7-5-3-4-6-8-18(17)27-21/h9-14H,3-8H2,1-2H3,(H,23,24). The molecule has 0 fully saturated rings. The largest absolute Gasteiger partial charge is 0.465 e. The van der Waals surface area contributed by atoms with Gasteiger partial charge in [0.05, 0.1) is 12.7 Å². The number of ether oxygens (including phenoxy) is 1. The van der Waals surface area contributed by atoms with Crippen molar-refractivity contribution in [3.05, 3.63) is 57.5 Å². The Morgan fingerprint density at radius 1 is 1.07 bits per heavy atom. The van der Waals surface area contributed by atoms with Crippen LogP contribution in [-0.2, 0) is 22.4 Å². The van der Waals surface area contributed by atoms with Crippen molar-refractivity contribution in [2.75, 3.05) is 12.4 Å². The molecule has 0 unspecified atom stereocenters. The Hall–Kier alpha value is -2.40. The van der Waals surface area contributed by atoms with Crippen LogP contribution in [0.25, 0.3) is 6.08 Å². The van der Waals surface area contributed by atoms with Gasteiger partial charge in [0.1, 0.15) is 5.00 Å². The summed E-state index contributed by atoms with van der Waals surface area (Å²) in [5.74, 6) is -0.610. The molecule has 1 heterocycles. The molecular weight excluding hydrogens is 358 g/mol. The molecule has 27 heavy (non-hydrogen) atoms. The summed E-state index contributed by atoms with van der Waals surface area (Å²) in [7, 11) is 1.39. The van der Waals surface area contributed by atoms with E-state index in [0.717, 1.165) is 36.8 Å². The molecule has 2 aromatic rings. The first kappa shape index (κ1) is 19.4. The molecular formula is C22H25NO3S. The van der Waals surface area contributed by atoms with Crippen LogP contribution in [0, 0.1) is 6.92 Å². The minimum atomic E-state index is -0.370. The van der Waals surface area contributed by atoms with Gasteiger partial charge in [0.25, 0.3) is 0 Å². The number of hydrogen-bond acceptors (Lipinski definition) is 4. The van der Waals surface area contributed by atoms with E-state index in [1.54, 1.807) is 6.08 Å². The third kappa shape index (κ3) is 4.86. The lowest BCUT2D eigenvalue weighted by Crippen LogP contribution is -2.12. The van der Waals surface area contributed by atoms with Crippen LogP contribution < -0.4 is 5.32 Å². The summed E-state index contributed by atoms with van der Waals surface area (Å²) >= 11 is 1.51. The van der Waals surface area contributed by atoms with Gasteiger partial charge in [-0.1, -0.05) is 42.7 Å². The highest BCUT2D eigenvalue weighted by Crippen LogP contribution is 2.37. The maximum atomic E-state index is 12.4. The van der Waals surface area contributed by atoms with E-state index in [1.165, 1.54) is 47.8 Å². The predicted octanol–water partition coefficient (Wildman–Crippen LogP) is 5.15. The number of thiophene rings is 1. The SMILES string of the molecule is COC(=O)c1c(NC(=O)C=Cc2ccc(C)cc2)sc2c1CCCCCC2. The predicted molar refractivity (Wildman–Crippen MR) is 110 cm³/mol. The number of carbonyl (C=O) groups excluding carboxylic acids is 2. The van der Waals surface area contributed by atoms with Gasteiger partial charge in [-0.2, -0.15) is 0 Å². The second-order valence-electron chi connectivity index (χ2n) is 6.85. The summed E-state index contributed by atoms with van der Waals surface area (Å²) in [6.07, 6.45) is 9.68. The smallest absolute Gasteiger partial charge is 0.341 e. The molecule has 1 amide bonds. The molecule has 0 bridgehead atoms. The lowest BCUT2D eigenvalue weighted by atomic mass is 9.96. The van der Waals surface area contributed by atoms with Gasteiger partial charge in [0, 0.05) is 11.0 Å². The van der Waals surface area contributed by atoms with Gasteiger partial charge in [-0.3, -0.25) is 4.79 Å². The van der Waals surface area contributed by atoms with Crippen LogP contribution in [0.1, 0.15) is 57.6 Å². The quantitative estimate of drug-likeness (QED) is 0.586. The maximum Gasteiger partial charge on any atom is 0.341 e. The van der Waals surface area contributed by atoms with Gasteiger partial charge in [-0.05, 0) is 49.8 Å². The summed E-state index contributed by atoms with van der Waals surface area (Å²) in [5.41, 5.74) is 3.73. The van der Waals surface area contributed by atoms with E-state index in [0.29, 0.717) is 10.6 Å². The monoisotopic (exact) mass is 383 g/mol. The van der Waals surface area contributed by atoms with Crippen molar-refractivity contribution in [1.82, 2.24) is 0 Å². The number of methoxy groups -OCH3 is 1. The first-order valence-electron chi connectivity index (χ1n) is 9.37. The van der Waals surface area contributed by atoms with E-state index >= 15 is 0 Å². The van der Waals surface area contributed by atoms with Crippen LogP contribution in [0.5, 0.6) is 0 Å². The van der Waals surface area contributed by atoms with Crippen LogP contribution in [0.2, 0.25) is 0 Å². The highest BCUT2D eigenvalue weighted by molar-refractivity contribution is 7.17. The zero-order chi connectivity index (χ0) is 19.2. The maximum absolute atomic E-state index is 12.4. The van der Waals surface area contributed by atoms with Gasteiger partial charge in [-0.25, -0.2) is 4.79 Å². The highest BCUT2D eigenvalue weighted by atomic mass is 32.1. The zero-order valence-corrected chi connectivity index (χ0v) is 16.7. The third-order valence-corrected chi connectivity index (χ3v) is 6.01.